The van der Waals surface area contributed by atoms with Gasteiger partial charge in [0.05, 0.1) is 12.1 Å². The normalized spacial score (nSPS) is 18.5. The lowest BCUT2D eigenvalue weighted by molar-refractivity contribution is -0.125. The molecule has 1 N–H and O–H groups in total. The lowest BCUT2D eigenvalue weighted by Gasteiger charge is -2.25. The van der Waals surface area contributed by atoms with Crippen LogP contribution in [0.4, 0.5) is 0 Å². The Morgan fingerprint density at radius 3 is 2.37 bits per heavy atom. The van der Waals surface area contributed by atoms with Gasteiger partial charge in [0.2, 0.25) is 5.91 Å². The Labute approximate surface area is 116 Å². The summed E-state index contributed by atoms with van der Waals surface area (Å²) < 4.78 is 0. The zero-order valence-electron chi connectivity index (χ0n) is 10.4. The largest absolute Gasteiger partial charge is 0.333 e. The maximum Gasteiger partial charge on any atom is 0.241 e. The van der Waals surface area contributed by atoms with E-state index in [-0.39, 0.29) is 5.91 Å². The van der Waals surface area contributed by atoms with E-state index in [1.807, 2.05) is 6.07 Å². The number of nitriles is 2. The molecular weight excluding hydrogens is 262 g/mol. The van der Waals surface area contributed by atoms with Crippen molar-refractivity contribution in [2.24, 2.45) is 5.41 Å². The van der Waals surface area contributed by atoms with E-state index in [4.69, 9.17) is 16.9 Å². The number of nitrogens with zero attached hydrogens (tertiary/aromatic N) is 2. The Hall–Kier alpha value is -2.04. The SMILES string of the molecule is CC(C#N)(NC(=O)C1(C#N)CC1)c1ccc(Cl)cc1. The second kappa shape index (κ2) is 4.57. The Kier molecular flexibility index (Phi) is 3.22. The molecule has 2 rings (SSSR count). The molecule has 0 heterocycles. The highest BCUT2D eigenvalue weighted by Crippen LogP contribution is 2.45. The van der Waals surface area contributed by atoms with Crippen LogP contribution in [0.3, 0.4) is 0 Å². The van der Waals surface area contributed by atoms with Crippen LogP contribution in [0.25, 0.3) is 0 Å². The molecule has 0 spiro atoms. The molecule has 1 aromatic carbocycles. The van der Waals surface area contributed by atoms with Crippen LogP contribution in [0, 0.1) is 28.1 Å². The summed E-state index contributed by atoms with van der Waals surface area (Å²) in [5.74, 6) is -0.381. The first-order chi connectivity index (χ1) is 8.96. The third kappa shape index (κ3) is 2.41. The summed E-state index contributed by atoms with van der Waals surface area (Å²) in [6.07, 6.45) is 1.11. The smallest absolute Gasteiger partial charge is 0.241 e. The Morgan fingerprint density at radius 2 is 1.95 bits per heavy atom. The third-order valence-corrected chi connectivity index (χ3v) is 3.66. The Morgan fingerprint density at radius 1 is 1.37 bits per heavy atom. The van der Waals surface area contributed by atoms with Crippen LogP contribution in [0.1, 0.15) is 25.3 Å². The fraction of sp³-hybridized carbons (Fsp3) is 0.357. The average Bonchev–Trinajstić information content (AvgIpc) is 3.20. The van der Waals surface area contributed by atoms with Crippen LogP contribution >= 0.6 is 11.6 Å². The molecular formula is C14H12ClN3O. The number of hydrogen-bond acceptors (Lipinski definition) is 3. The van der Waals surface area contributed by atoms with Crippen LogP contribution < -0.4 is 5.32 Å². The van der Waals surface area contributed by atoms with E-state index in [0.29, 0.717) is 23.4 Å². The van der Waals surface area contributed by atoms with Gasteiger partial charge in [0, 0.05) is 5.02 Å². The zero-order chi connectivity index (χ0) is 14.1. The minimum Gasteiger partial charge on any atom is -0.333 e. The zero-order valence-corrected chi connectivity index (χ0v) is 11.2. The topological polar surface area (TPSA) is 76.7 Å². The first-order valence-corrected chi connectivity index (χ1v) is 6.25. The van der Waals surface area contributed by atoms with E-state index in [0.717, 1.165) is 0 Å². The first kappa shape index (κ1) is 13.4. The number of carbonyl (C=O) groups excluding carboxylic acids is 1. The summed E-state index contributed by atoms with van der Waals surface area (Å²) in [5, 5.41) is 21.6. The second-order valence-electron chi connectivity index (χ2n) is 4.89. The van der Waals surface area contributed by atoms with Gasteiger partial charge in [-0.2, -0.15) is 10.5 Å². The number of hydrogen-bond donors (Lipinski definition) is 1. The maximum absolute atomic E-state index is 12.1. The molecule has 1 saturated carbocycles. The third-order valence-electron chi connectivity index (χ3n) is 3.41. The summed E-state index contributed by atoms with van der Waals surface area (Å²) in [4.78, 5) is 12.1. The van der Waals surface area contributed by atoms with Crippen LogP contribution in [0.5, 0.6) is 0 Å². The molecule has 0 saturated heterocycles. The molecule has 1 aliphatic carbocycles. The van der Waals surface area contributed by atoms with Gasteiger partial charge in [-0.3, -0.25) is 4.79 Å². The van der Waals surface area contributed by atoms with Crippen molar-refractivity contribution in [3.63, 3.8) is 0 Å². The Bertz CT molecular complexity index is 593. The van der Waals surface area contributed by atoms with Crippen LogP contribution in [0.15, 0.2) is 24.3 Å². The van der Waals surface area contributed by atoms with E-state index >= 15 is 0 Å². The minimum atomic E-state index is -1.16. The lowest BCUT2D eigenvalue weighted by atomic mass is 9.92. The van der Waals surface area contributed by atoms with E-state index in [2.05, 4.69) is 11.4 Å². The van der Waals surface area contributed by atoms with E-state index in [1.165, 1.54) is 0 Å². The number of rotatable bonds is 3. The van der Waals surface area contributed by atoms with Crippen LogP contribution in [-0.2, 0) is 10.3 Å². The van der Waals surface area contributed by atoms with Gasteiger partial charge in [-0.05, 0) is 37.5 Å². The fourth-order valence-electron chi connectivity index (χ4n) is 1.81. The van der Waals surface area contributed by atoms with Gasteiger partial charge in [0.1, 0.15) is 11.0 Å². The van der Waals surface area contributed by atoms with Crippen molar-refractivity contribution in [3.05, 3.63) is 34.9 Å². The van der Waals surface area contributed by atoms with Gasteiger partial charge in [-0.25, -0.2) is 0 Å². The predicted molar refractivity (Wildman–Crippen MR) is 69.8 cm³/mol. The quantitative estimate of drug-likeness (QED) is 0.919. The molecule has 96 valence electrons. The number of halogens is 1. The molecule has 0 radical (unpaired) electrons. The van der Waals surface area contributed by atoms with Gasteiger partial charge in [-0.15, -0.1) is 0 Å². The standard InChI is InChI=1S/C14H12ClN3O/c1-13(8-16,10-2-4-11(15)5-3-10)18-12(19)14(9-17)6-7-14/h2-5H,6-7H2,1H3,(H,18,19). The molecule has 0 aliphatic heterocycles. The van der Waals surface area contributed by atoms with Crippen LogP contribution in [0.2, 0.25) is 5.02 Å². The van der Waals surface area contributed by atoms with Crippen molar-refractivity contribution in [3.8, 4) is 12.1 Å². The molecule has 19 heavy (non-hydrogen) atoms. The van der Waals surface area contributed by atoms with Crippen molar-refractivity contribution in [2.75, 3.05) is 0 Å². The summed E-state index contributed by atoms with van der Waals surface area (Å²) in [5.41, 5.74) is -1.46. The minimum absolute atomic E-state index is 0.381. The predicted octanol–water partition coefficient (Wildman–Crippen LogP) is 2.50. The van der Waals surface area contributed by atoms with Crippen molar-refractivity contribution in [1.82, 2.24) is 5.32 Å². The van der Waals surface area contributed by atoms with Gasteiger partial charge in [0.15, 0.2) is 0 Å². The molecule has 1 fully saturated rings. The molecule has 1 aromatic rings. The summed E-state index contributed by atoms with van der Waals surface area (Å²) in [6.45, 7) is 1.61. The molecule has 1 amide bonds. The van der Waals surface area contributed by atoms with Crippen molar-refractivity contribution >= 4 is 17.5 Å². The Balaban J connectivity index is 2.25. The first-order valence-electron chi connectivity index (χ1n) is 5.87. The highest BCUT2D eigenvalue weighted by Gasteiger charge is 2.52. The second-order valence-corrected chi connectivity index (χ2v) is 5.33. The van der Waals surface area contributed by atoms with E-state index < -0.39 is 11.0 Å². The summed E-state index contributed by atoms with van der Waals surface area (Å²) >= 11 is 5.80. The molecule has 1 aliphatic rings. The molecule has 4 nitrogen and oxygen atoms in total. The van der Waals surface area contributed by atoms with Gasteiger partial charge in [0.25, 0.3) is 0 Å². The average molecular weight is 274 g/mol. The van der Waals surface area contributed by atoms with E-state index in [1.54, 1.807) is 31.2 Å². The summed E-state index contributed by atoms with van der Waals surface area (Å²) in [7, 11) is 0. The van der Waals surface area contributed by atoms with Crippen molar-refractivity contribution in [2.45, 2.75) is 25.3 Å². The molecule has 1 atom stereocenters. The molecule has 1 unspecified atom stereocenters. The number of amides is 1. The number of carbonyl (C=O) groups is 1. The number of benzene rings is 1. The lowest BCUT2D eigenvalue weighted by Crippen LogP contribution is -2.45. The van der Waals surface area contributed by atoms with Gasteiger partial charge < -0.3 is 5.32 Å². The molecule has 5 heteroatoms. The molecule has 0 aromatic heterocycles. The summed E-state index contributed by atoms with van der Waals surface area (Å²) in [6, 6.07) is 10.8. The monoisotopic (exact) mass is 273 g/mol. The highest BCUT2D eigenvalue weighted by atomic mass is 35.5. The molecule has 0 bridgehead atoms. The van der Waals surface area contributed by atoms with Crippen molar-refractivity contribution in [1.29, 1.82) is 10.5 Å². The van der Waals surface area contributed by atoms with Crippen molar-refractivity contribution < 1.29 is 4.79 Å². The van der Waals surface area contributed by atoms with E-state index in [9.17, 15) is 10.1 Å². The fourth-order valence-corrected chi connectivity index (χ4v) is 1.94. The highest BCUT2D eigenvalue weighted by molar-refractivity contribution is 6.30. The van der Waals surface area contributed by atoms with Gasteiger partial charge >= 0.3 is 0 Å². The van der Waals surface area contributed by atoms with Crippen LogP contribution in [-0.4, -0.2) is 5.91 Å². The maximum atomic E-state index is 12.1. The van der Waals surface area contributed by atoms with Gasteiger partial charge in [-0.1, -0.05) is 23.7 Å². The number of nitrogens with one attached hydrogen (secondary N) is 1.